The van der Waals surface area contributed by atoms with Crippen LogP contribution in [0.4, 0.5) is 0 Å². The van der Waals surface area contributed by atoms with E-state index in [4.69, 9.17) is 39.5 Å². The third kappa shape index (κ3) is 4.63. The summed E-state index contributed by atoms with van der Waals surface area (Å²) in [4.78, 5) is 24.0. The lowest BCUT2D eigenvalue weighted by Crippen LogP contribution is -2.31. The van der Waals surface area contributed by atoms with E-state index in [1.54, 1.807) is 0 Å². The van der Waals surface area contributed by atoms with Crippen molar-refractivity contribution in [1.82, 2.24) is 5.32 Å². The topological polar surface area (TPSA) is 55.4 Å². The quantitative estimate of drug-likeness (QED) is 0.599. The molecule has 126 valence electrons. The molecule has 0 fully saturated rings. The fraction of sp³-hybridized carbons (Fsp3) is 0.176. The summed E-state index contributed by atoms with van der Waals surface area (Å²) in [5, 5.41) is 3.01. The minimum Gasteiger partial charge on any atom is -0.452 e. The molecule has 0 heterocycles. The summed E-state index contributed by atoms with van der Waals surface area (Å²) >= 11 is 17.7. The van der Waals surface area contributed by atoms with Gasteiger partial charge in [0.15, 0.2) is 6.61 Å². The van der Waals surface area contributed by atoms with E-state index >= 15 is 0 Å². The van der Waals surface area contributed by atoms with Crippen LogP contribution < -0.4 is 5.32 Å². The van der Waals surface area contributed by atoms with Gasteiger partial charge in [-0.05, 0) is 24.6 Å². The molecule has 1 atom stereocenters. The third-order valence-electron chi connectivity index (χ3n) is 3.26. The predicted molar refractivity (Wildman–Crippen MR) is 94.8 cm³/mol. The first-order valence-electron chi connectivity index (χ1n) is 7.05. The molecule has 0 aliphatic rings. The molecule has 0 saturated heterocycles. The van der Waals surface area contributed by atoms with E-state index in [-0.39, 0.29) is 26.7 Å². The molecule has 1 amide bonds. The minimum atomic E-state index is -0.810. The predicted octanol–water partition coefficient (Wildman–Crippen LogP) is 4.68. The van der Waals surface area contributed by atoms with Crippen molar-refractivity contribution in [2.24, 2.45) is 0 Å². The molecule has 0 aliphatic heterocycles. The standard InChI is InChI=1S/C17H14Cl3NO3/c1-10(11-5-3-2-4-6-11)21-14(22)9-24-17(23)15-12(18)7-8-13(19)16(15)20/h2-8,10H,9H2,1H3,(H,21,22)/t10-/m0/s1. The number of halogens is 3. The molecule has 24 heavy (non-hydrogen) atoms. The zero-order valence-electron chi connectivity index (χ0n) is 12.7. The fourth-order valence-corrected chi connectivity index (χ4v) is 2.71. The first-order valence-corrected chi connectivity index (χ1v) is 8.18. The van der Waals surface area contributed by atoms with Crippen molar-refractivity contribution >= 4 is 46.7 Å². The number of amides is 1. The maximum Gasteiger partial charge on any atom is 0.341 e. The monoisotopic (exact) mass is 385 g/mol. The van der Waals surface area contributed by atoms with Crippen LogP contribution in [0.1, 0.15) is 28.9 Å². The zero-order valence-corrected chi connectivity index (χ0v) is 15.0. The van der Waals surface area contributed by atoms with Crippen molar-refractivity contribution < 1.29 is 14.3 Å². The van der Waals surface area contributed by atoms with Gasteiger partial charge in [0, 0.05) is 0 Å². The highest BCUT2D eigenvalue weighted by Crippen LogP contribution is 2.31. The fourth-order valence-electron chi connectivity index (χ4n) is 2.03. The molecule has 0 spiro atoms. The van der Waals surface area contributed by atoms with Crippen molar-refractivity contribution in [2.45, 2.75) is 13.0 Å². The van der Waals surface area contributed by atoms with Crippen molar-refractivity contribution in [2.75, 3.05) is 6.61 Å². The Hall–Kier alpha value is -1.75. The van der Waals surface area contributed by atoms with E-state index in [2.05, 4.69) is 5.32 Å². The number of hydrogen-bond donors (Lipinski definition) is 1. The van der Waals surface area contributed by atoms with Crippen molar-refractivity contribution in [3.63, 3.8) is 0 Å². The average molecular weight is 387 g/mol. The van der Waals surface area contributed by atoms with Crippen LogP contribution in [-0.2, 0) is 9.53 Å². The number of esters is 1. The lowest BCUT2D eigenvalue weighted by molar-refractivity contribution is -0.124. The summed E-state index contributed by atoms with van der Waals surface area (Å²) in [7, 11) is 0. The second-order valence-corrected chi connectivity index (χ2v) is 6.19. The molecule has 0 bridgehead atoms. The largest absolute Gasteiger partial charge is 0.452 e. The molecule has 2 aromatic carbocycles. The number of carbonyl (C=O) groups excluding carboxylic acids is 2. The molecule has 4 nitrogen and oxygen atoms in total. The summed E-state index contributed by atoms with van der Waals surface area (Å²) in [6.45, 7) is 1.38. The Morgan fingerprint density at radius 2 is 1.67 bits per heavy atom. The van der Waals surface area contributed by atoms with Gasteiger partial charge in [0.2, 0.25) is 0 Å². The summed E-state index contributed by atoms with van der Waals surface area (Å²) in [5.41, 5.74) is 0.882. The molecule has 2 aromatic rings. The highest BCUT2D eigenvalue weighted by molar-refractivity contribution is 6.46. The van der Waals surface area contributed by atoms with Gasteiger partial charge in [0.1, 0.15) is 0 Å². The van der Waals surface area contributed by atoms with Gasteiger partial charge in [-0.15, -0.1) is 0 Å². The Balaban J connectivity index is 1.95. The van der Waals surface area contributed by atoms with E-state index in [0.29, 0.717) is 0 Å². The first-order chi connectivity index (χ1) is 11.4. The van der Waals surface area contributed by atoms with Gasteiger partial charge in [-0.1, -0.05) is 65.1 Å². The maximum absolute atomic E-state index is 12.1. The van der Waals surface area contributed by atoms with E-state index in [9.17, 15) is 9.59 Å². The van der Waals surface area contributed by atoms with Crippen molar-refractivity contribution in [3.05, 3.63) is 68.7 Å². The summed E-state index contributed by atoms with van der Waals surface area (Å²) in [6, 6.07) is 12.1. The third-order valence-corrected chi connectivity index (χ3v) is 4.38. The second kappa shape index (κ2) is 8.38. The van der Waals surface area contributed by atoms with Crippen LogP contribution >= 0.6 is 34.8 Å². The number of nitrogens with one attached hydrogen (secondary N) is 1. The minimum absolute atomic E-state index is 0.00720. The molecule has 1 N–H and O–H groups in total. The molecule has 0 unspecified atom stereocenters. The first kappa shape index (κ1) is 18.6. The van der Waals surface area contributed by atoms with E-state index in [1.165, 1.54) is 12.1 Å². The highest BCUT2D eigenvalue weighted by Gasteiger charge is 2.20. The van der Waals surface area contributed by atoms with Crippen LogP contribution in [0.25, 0.3) is 0 Å². The van der Waals surface area contributed by atoms with Gasteiger partial charge in [-0.2, -0.15) is 0 Å². The van der Waals surface area contributed by atoms with Crippen LogP contribution in [-0.4, -0.2) is 18.5 Å². The van der Waals surface area contributed by atoms with Gasteiger partial charge in [0.05, 0.1) is 26.7 Å². The lowest BCUT2D eigenvalue weighted by Gasteiger charge is -2.14. The van der Waals surface area contributed by atoms with Gasteiger partial charge < -0.3 is 10.1 Å². The molecule has 2 rings (SSSR count). The van der Waals surface area contributed by atoms with Crippen LogP contribution in [0.2, 0.25) is 15.1 Å². The van der Waals surface area contributed by atoms with Crippen LogP contribution in [0.5, 0.6) is 0 Å². The van der Waals surface area contributed by atoms with E-state index in [0.717, 1.165) is 5.56 Å². The zero-order chi connectivity index (χ0) is 17.7. The number of benzene rings is 2. The normalized spacial score (nSPS) is 11.7. The highest BCUT2D eigenvalue weighted by atomic mass is 35.5. The second-order valence-electron chi connectivity index (χ2n) is 4.99. The van der Waals surface area contributed by atoms with Crippen LogP contribution in [0, 0.1) is 0 Å². The molecular formula is C17H14Cl3NO3. The smallest absolute Gasteiger partial charge is 0.341 e. The Labute approximate surface area is 154 Å². The maximum atomic E-state index is 12.1. The van der Waals surface area contributed by atoms with Gasteiger partial charge in [-0.3, -0.25) is 4.79 Å². The van der Waals surface area contributed by atoms with Gasteiger partial charge in [0.25, 0.3) is 5.91 Å². The van der Waals surface area contributed by atoms with Crippen LogP contribution in [0.3, 0.4) is 0 Å². The van der Waals surface area contributed by atoms with Crippen molar-refractivity contribution in [3.8, 4) is 0 Å². The van der Waals surface area contributed by atoms with Crippen molar-refractivity contribution in [1.29, 1.82) is 0 Å². The molecule has 7 heteroatoms. The molecule has 0 aliphatic carbocycles. The Kier molecular flexibility index (Phi) is 6.49. The Bertz CT molecular complexity index is 750. The summed E-state index contributed by atoms with van der Waals surface area (Å²) in [5.74, 6) is -1.25. The van der Waals surface area contributed by atoms with E-state index < -0.39 is 18.5 Å². The summed E-state index contributed by atoms with van der Waals surface area (Å²) < 4.78 is 4.96. The van der Waals surface area contributed by atoms with E-state index in [1.807, 2.05) is 37.3 Å². The Morgan fingerprint density at radius 1 is 1.04 bits per heavy atom. The number of carbonyl (C=O) groups is 2. The number of rotatable bonds is 5. The van der Waals surface area contributed by atoms with Gasteiger partial charge >= 0.3 is 5.97 Å². The van der Waals surface area contributed by atoms with Gasteiger partial charge in [-0.25, -0.2) is 4.79 Å². The average Bonchev–Trinajstić information content (AvgIpc) is 2.57. The van der Waals surface area contributed by atoms with Crippen LogP contribution in [0.15, 0.2) is 42.5 Å². The molecular weight excluding hydrogens is 373 g/mol. The molecule has 0 aromatic heterocycles. The molecule has 0 radical (unpaired) electrons. The SMILES string of the molecule is C[C@H](NC(=O)COC(=O)c1c(Cl)ccc(Cl)c1Cl)c1ccccc1. The summed E-state index contributed by atoms with van der Waals surface area (Å²) in [6.07, 6.45) is 0. The molecule has 0 saturated carbocycles. The Morgan fingerprint density at radius 3 is 2.33 bits per heavy atom. The number of hydrogen-bond acceptors (Lipinski definition) is 3. The lowest BCUT2D eigenvalue weighted by atomic mass is 10.1. The number of ether oxygens (including phenoxy) is 1.